The molecule has 2 aromatic carbocycles. The van der Waals surface area contributed by atoms with E-state index in [1.54, 1.807) is 24.3 Å². The first-order valence-corrected chi connectivity index (χ1v) is 7.26. The van der Waals surface area contributed by atoms with Crippen molar-refractivity contribution in [3.63, 3.8) is 0 Å². The highest BCUT2D eigenvalue weighted by molar-refractivity contribution is 9.10. The SMILES string of the molecule is COc1cc(Cl)cc(CO)c1OCc1ccc(F)c(Br)c1. The van der Waals surface area contributed by atoms with E-state index < -0.39 is 0 Å². The summed E-state index contributed by atoms with van der Waals surface area (Å²) in [5.41, 5.74) is 1.31. The normalized spacial score (nSPS) is 10.5. The molecule has 2 aromatic rings. The van der Waals surface area contributed by atoms with Crippen LogP contribution in [-0.4, -0.2) is 12.2 Å². The molecule has 0 aliphatic carbocycles. The second-order valence-electron chi connectivity index (χ2n) is 4.29. The Morgan fingerprint density at radius 2 is 2.05 bits per heavy atom. The van der Waals surface area contributed by atoms with Crippen LogP contribution in [0.5, 0.6) is 11.5 Å². The number of ether oxygens (including phenoxy) is 2. The van der Waals surface area contributed by atoms with Gasteiger partial charge in [0, 0.05) is 16.7 Å². The zero-order valence-electron chi connectivity index (χ0n) is 11.2. The lowest BCUT2D eigenvalue weighted by atomic mass is 10.2. The van der Waals surface area contributed by atoms with E-state index in [4.69, 9.17) is 21.1 Å². The Hall–Kier alpha value is -1.30. The molecular formula is C15H13BrClFO3. The molecule has 2 rings (SSSR count). The van der Waals surface area contributed by atoms with Crippen molar-refractivity contribution in [2.45, 2.75) is 13.2 Å². The van der Waals surface area contributed by atoms with Gasteiger partial charge in [-0.3, -0.25) is 0 Å². The minimum atomic E-state index is -0.334. The number of benzene rings is 2. The van der Waals surface area contributed by atoms with Crippen LogP contribution in [0.1, 0.15) is 11.1 Å². The van der Waals surface area contributed by atoms with Gasteiger partial charge in [-0.15, -0.1) is 0 Å². The number of hydrogen-bond donors (Lipinski definition) is 1. The van der Waals surface area contributed by atoms with Crippen LogP contribution in [0.4, 0.5) is 4.39 Å². The minimum absolute atomic E-state index is 0.212. The average molecular weight is 376 g/mol. The van der Waals surface area contributed by atoms with Crippen molar-refractivity contribution < 1.29 is 19.0 Å². The van der Waals surface area contributed by atoms with Crippen molar-refractivity contribution >= 4 is 27.5 Å². The number of aliphatic hydroxyl groups is 1. The average Bonchev–Trinajstić information content (AvgIpc) is 2.48. The second kappa shape index (κ2) is 7.11. The Kier molecular flexibility index (Phi) is 5.45. The van der Waals surface area contributed by atoms with Gasteiger partial charge in [0.25, 0.3) is 0 Å². The van der Waals surface area contributed by atoms with Crippen molar-refractivity contribution in [2.24, 2.45) is 0 Å². The summed E-state index contributed by atoms with van der Waals surface area (Å²) in [5.74, 6) is 0.524. The molecule has 0 saturated carbocycles. The fourth-order valence-electron chi connectivity index (χ4n) is 1.84. The second-order valence-corrected chi connectivity index (χ2v) is 5.58. The van der Waals surface area contributed by atoms with Crippen LogP contribution in [0, 0.1) is 5.82 Å². The Morgan fingerprint density at radius 1 is 1.29 bits per heavy atom. The summed E-state index contributed by atoms with van der Waals surface area (Å²) in [6.45, 7) is -0.0107. The molecule has 0 heterocycles. The van der Waals surface area contributed by atoms with Gasteiger partial charge in [0.05, 0.1) is 18.2 Å². The Bertz CT molecular complexity index is 624. The molecule has 3 nitrogen and oxygen atoms in total. The lowest BCUT2D eigenvalue weighted by Crippen LogP contribution is -2.02. The van der Waals surface area contributed by atoms with Crippen LogP contribution in [0.25, 0.3) is 0 Å². The first-order valence-electron chi connectivity index (χ1n) is 6.09. The van der Waals surface area contributed by atoms with Gasteiger partial charge in [-0.25, -0.2) is 4.39 Å². The molecule has 0 spiro atoms. The predicted molar refractivity (Wildman–Crippen MR) is 82.4 cm³/mol. The Morgan fingerprint density at radius 3 is 2.67 bits per heavy atom. The number of rotatable bonds is 5. The molecule has 0 radical (unpaired) electrons. The molecule has 21 heavy (non-hydrogen) atoms. The number of hydrogen-bond acceptors (Lipinski definition) is 3. The predicted octanol–water partition coefficient (Wildman–Crippen LogP) is 4.32. The van der Waals surface area contributed by atoms with Crippen LogP contribution in [0.3, 0.4) is 0 Å². The number of halogens is 3. The zero-order valence-corrected chi connectivity index (χ0v) is 13.5. The molecule has 0 saturated heterocycles. The molecule has 0 fully saturated rings. The Balaban J connectivity index is 2.24. The number of methoxy groups -OCH3 is 1. The standard InChI is InChI=1S/C15H13BrClFO3/c1-20-14-6-11(17)5-10(7-19)15(14)21-8-9-2-3-13(18)12(16)4-9/h2-6,19H,7-8H2,1H3. The quantitative estimate of drug-likeness (QED) is 0.846. The summed E-state index contributed by atoms with van der Waals surface area (Å²) < 4.78 is 24.5. The van der Waals surface area contributed by atoms with E-state index in [1.807, 2.05) is 0 Å². The monoisotopic (exact) mass is 374 g/mol. The highest BCUT2D eigenvalue weighted by Gasteiger charge is 2.13. The van der Waals surface area contributed by atoms with E-state index in [-0.39, 0.29) is 19.0 Å². The number of aliphatic hydroxyl groups excluding tert-OH is 1. The van der Waals surface area contributed by atoms with Crippen LogP contribution >= 0.6 is 27.5 Å². The largest absolute Gasteiger partial charge is 0.493 e. The summed E-state index contributed by atoms with van der Waals surface area (Å²) in [6.07, 6.45) is 0. The smallest absolute Gasteiger partial charge is 0.167 e. The molecule has 0 aliphatic heterocycles. The van der Waals surface area contributed by atoms with Gasteiger partial charge in [-0.05, 0) is 39.7 Å². The first-order chi connectivity index (χ1) is 10.0. The van der Waals surface area contributed by atoms with E-state index in [0.29, 0.717) is 26.6 Å². The third-order valence-electron chi connectivity index (χ3n) is 2.85. The van der Waals surface area contributed by atoms with Gasteiger partial charge < -0.3 is 14.6 Å². The molecule has 112 valence electrons. The van der Waals surface area contributed by atoms with Crippen LogP contribution in [-0.2, 0) is 13.2 Å². The van der Waals surface area contributed by atoms with Gasteiger partial charge >= 0.3 is 0 Å². The molecule has 0 atom stereocenters. The van der Waals surface area contributed by atoms with Gasteiger partial charge in [0.15, 0.2) is 11.5 Å². The highest BCUT2D eigenvalue weighted by Crippen LogP contribution is 2.35. The third-order valence-corrected chi connectivity index (χ3v) is 3.68. The summed E-state index contributed by atoms with van der Waals surface area (Å²) >= 11 is 9.07. The van der Waals surface area contributed by atoms with Crippen molar-refractivity contribution in [3.8, 4) is 11.5 Å². The summed E-state index contributed by atoms with van der Waals surface area (Å²) in [6, 6.07) is 7.84. The van der Waals surface area contributed by atoms with E-state index in [9.17, 15) is 9.50 Å². The molecule has 0 unspecified atom stereocenters. The van der Waals surface area contributed by atoms with Crippen molar-refractivity contribution in [1.82, 2.24) is 0 Å². The molecule has 1 N–H and O–H groups in total. The summed E-state index contributed by atoms with van der Waals surface area (Å²) in [5, 5.41) is 9.84. The lowest BCUT2D eigenvalue weighted by molar-refractivity contribution is 0.250. The molecule has 0 bridgehead atoms. The zero-order chi connectivity index (χ0) is 15.4. The summed E-state index contributed by atoms with van der Waals surface area (Å²) in [4.78, 5) is 0. The van der Waals surface area contributed by atoms with Crippen molar-refractivity contribution in [2.75, 3.05) is 7.11 Å². The van der Waals surface area contributed by atoms with E-state index >= 15 is 0 Å². The first kappa shape index (κ1) is 16.1. The molecule has 6 heteroatoms. The topological polar surface area (TPSA) is 38.7 Å². The highest BCUT2D eigenvalue weighted by atomic mass is 79.9. The van der Waals surface area contributed by atoms with Crippen LogP contribution in [0.15, 0.2) is 34.8 Å². The van der Waals surface area contributed by atoms with Crippen molar-refractivity contribution in [1.29, 1.82) is 0 Å². The lowest BCUT2D eigenvalue weighted by Gasteiger charge is -2.15. The van der Waals surface area contributed by atoms with E-state index in [2.05, 4.69) is 15.9 Å². The third kappa shape index (κ3) is 3.87. The van der Waals surface area contributed by atoms with Crippen LogP contribution in [0.2, 0.25) is 5.02 Å². The molecular weight excluding hydrogens is 363 g/mol. The van der Waals surface area contributed by atoms with Crippen LogP contribution < -0.4 is 9.47 Å². The van der Waals surface area contributed by atoms with E-state index in [1.165, 1.54) is 13.2 Å². The van der Waals surface area contributed by atoms with Gasteiger partial charge in [0.2, 0.25) is 0 Å². The maximum Gasteiger partial charge on any atom is 0.167 e. The van der Waals surface area contributed by atoms with Gasteiger partial charge in [-0.1, -0.05) is 17.7 Å². The maximum atomic E-state index is 13.2. The fourth-order valence-corrected chi connectivity index (χ4v) is 2.50. The Labute approximate surface area is 135 Å². The fraction of sp³-hybridized carbons (Fsp3) is 0.200. The van der Waals surface area contributed by atoms with Gasteiger partial charge in [0.1, 0.15) is 12.4 Å². The molecule has 0 aromatic heterocycles. The molecule has 0 amide bonds. The molecule has 0 aliphatic rings. The minimum Gasteiger partial charge on any atom is -0.493 e. The maximum absolute atomic E-state index is 13.2. The van der Waals surface area contributed by atoms with E-state index in [0.717, 1.165) is 5.56 Å². The van der Waals surface area contributed by atoms with Gasteiger partial charge in [-0.2, -0.15) is 0 Å². The van der Waals surface area contributed by atoms with Crippen molar-refractivity contribution in [3.05, 3.63) is 56.8 Å². The summed E-state index contributed by atoms with van der Waals surface area (Å²) in [7, 11) is 1.49.